The first kappa shape index (κ1) is 19.7. The Balaban J connectivity index is 0.00000109. The van der Waals surface area contributed by atoms with Gasteiger partial charge in [0.25, 0.3) is 0 Å². The van der Waals surface area contributed by atoms with Crippen LogP contribution in [0.2, 0.25) is 0 Å². The zero-order chi connectivity index (χ0) is 19.8. The quantitative estimate of drug-likeness (QED) is 0.367. The molecule has 4 rings (SSSR count). The number of fused-ring (bicyclic) bond motifs is 1. The van der Waals surface area contributed by atoms with E-state index in [1.807, 2.05) is 74.5 Å². The molecule has 0 aliphatic heterocycles. The number of aromatic nitrogens is 2. The number of anilines is 3. The van der Waals surface area contributed by atoms with Crippen LogP contribution in [0, 0.1) is 6.92 Å². The molecule has 0 radical (unpaired) electrons. The van der Waals surface area contributed by atoms with Crippen LogP contribution in [-0.4, -0.2) is 9.97 Å². The molecule has 4 aromatic rings. The third kappa shape index (κ3) is 4.81. The van der Waals surface area contributed by atoms with E-state index in [0.29, 0.717) is 11.6 Å². The molecule has 0 bridgehead atoms. The summed E-state index contributed by atoms with van der Waals surface area (Å²) in [6.07, 6.45) is 0. The lowest BCUT2D eigenvalue weighted by Gasteiger charge is -2.14. The smallest absolute Gasteiger partial charge is 0.180 e. The van der Waals surface area contributed by atoms with Gasteiger partial charge < -0.3 is 10.0 Å². The zero-order valence-electron chi connectivity index (χ0n) is 16.3. The van der Waals surface area contributed by atoms with E-state index < -0.39 is 0 Å². The van der Waals surface area contributed by atoms with Crippen molar-refractivity contribution in [1.29, 1.82) is 0 Å². The van der Waals surface area contributed by atoms with Gasteiger partial charge in [-0.2, -0.15) is 0 Å². The van der Waals surface area contributed by atoms with Crippen molar-refractivity contribution < 1.29 is 0 Å². The van der Waals surface area contributed by atoms with Gasteiger partial charge in [0.2, 0.25) is 0 Å². The lowest BCUT2D eigenvalue weighted by atomic mass is 10.2. The standard InChI is InChI=1S/C21H18N4S.C2H6/c1-15-9-5-6-12-17(15)22-20-21(25-26-16-10-3-2-4-11-16)24-19-14-8-7-13-18(19)23-20;1-2/h2-14H,1H3,(H,22,23)(H,24,25);1-2H3. The second-order valence-electron chi connectivity index (χ2n) is 5.87. The van der Waals surface area contributed by atoms with Crippen molar-refractivity contribution in [3.05, 3.63) is 84.4 Å². The first-order valence-corrected chi connectivity index (χ1v) is 10.2. The fourth-order valence-corrected chi connectivity index (χ4v) is 3.24. The summed E-state index contributed by atoms with van der Waals surface area (Å²) in [5.41, 5.74) is 3.90. The van der Waals surface area contributed by atoms with E-state index in [9.17, 15) is 0 Å². The van der Waals surface area contributed by atoms with Gasteiger partial charge in [-0.1, -0.05) is 62.4 Å². The van der Waals surface area contributed by atoms with Gasteiger partial charge in [0.05, 0.1) is 11.0 Å². The molecule has 0 fully saturated rings. The van der Waals surface area contributed by atoms with Gasteiger partial charge in [0, 0.05) is 10.6 Å². The number of hydrogen-bond acceptors (Lipinski definition) is 5. The highest BCUT2D eigenvalue weighted by atomic mass is 32.2. The molecule has 28 heavy (non-hydrogen) atoms. The van der Waals surface area contributed by atoms with Crippen LogP contribution in [0.5, 0.6) is 0 Å². The monoisotopic (exact) mass is 388 g/mol. The molecule has 4 nitrogen and oxygen atoms in total. The van der Waals surface area contributed by atoms with E-state index in [2.05, 4.69) is 35.2 Å². The minimum Gasteiger partial charge on any atom is -0.337 e. The lowest BCUT2D eigenvalue weighted by Crippen LogP contribution is -2.03. The van der Waals surface area contributed by atoms with Gasteiger partial charge in [-0.25, -0.2) is 9.97 Å². The average molecular weight is 389 g/mol. The van der Waals surface area contributed by atoms with Crippen LogP contribution in [0.4, 0.5) is 17.3 Å². The predicted octanol–water partition coefficient (Wildman–Crippen LogP) is 6.83. The Labute approximate surface area is 170 Å². The van der Waals surface area contributed by atoms with Crippen molar-refractivity contribution in [3.63, 3.8) is 0 Å². The molecule has 0 atom stereocenters. The van der Waals surface area contributed by atoms with Crippen molar-refractivity contribution in [2.75, 3.05) is 10.0 Å². The Kier molecular flexibility index (Phi) is 6.87. The molecule has 0 spiro atoms. The molecule has 3 aromatic carbocycles. The van der Waals surface area contributed by atoms with Crippen LogP contribution in [0.3, 0.4) is 0 Å². The Bertz CT molecular complexity index is 1030. The molecule has 0 unspecified atom stereocenters. The number of rotatable bonds is 5. The van der Waals surface area contributed by atoms with Gasteiger partial charge in [-0.05, 0) is 54.8 Å². The molecular weight excluding hydrogens is 364 g/mol. The van der Waals surface area contributed by atoms with E-state index in [1.165, 1.54) is 11.9 Å². The number of aryl methyl sites for hydroxylation is 1. The van der Waals surface area contributed by atoms with Gasteiger partial charge in [-0.15, -0.1) is 0 Å². The van der Waals surface area contributed by atoms with Crippen molar-refractivity contribution in [1.82, 2.24) is 9.97 Å². The lowest BCUT2D eigenvalue weighted by molar-refractivity contribution is 1.28. The van der Waals surface area contributed by atoms with Crippen LogP contribution in [0.25, 0.3) is 11.0 Å². The number of nitrogens with zero attached hydrogens (tertiary/aromatic N) is 2. The van der Waals surface area contributed by atoms with E-state index in [-0.39, 0.29) is 0 Å². The summed E-state index contributed by atoms with van der Waals surface area (Å²) in [6, 6.07) is 26.2. The summed E-state index contributed by atoms with van der Waals surface area (Å²) < 4.78 is 3.34. The highest BCUT2D eigenvalue weighted by molar-refractivity contribution is 8.00. The van der Waals surface area contributed by atoms with Gasteiger partial charge >= 0.3 is 0 Å². The van der Waals surface area contributed by atoms with Crippen molar-refractivity contribution in [2.24, 2.45) is 0 Å². The normalized spacial score (nSPS) is 10.1. The fraction of sp³-hybridized carbons (Fsp3) is 0.130. The van der Waals surface area contributed by atoms with Crippen LogP contribution >= 0.6 is 11.9 Å². The largest absolute Gasteiger partial charge is 0.337 e. The Morgan fingerprint density at radius 2 is 1.25 bits per heavy atom. The fourth-order valence-electron chi connectivity index (χ4n) is 2.59. The molecule has 2 N–H and O–H groups in total. The molecule has 0 saturated carbocycles. The minimum atomic E-state index is 0.709. The molecule has 1 aromatic heterocycles. The molecule has 0 saturated heterocycles. The summed E-state index contributed by atoms with van der Waals surface area (Å²) in [4.78, 5) is 10.6. The van der Waals surface area contributed by atoms with Crippen LogP contribution in [-0.2, 0) is 0 Å². The number of para-hydroxylation sites is 3. The first-order chi connectivity index (χ1) is 13.8. The third-order valence-corrected chi connectivity index (χ3v) is 4.78. The minimum absolute atomic E-state index is 0.709. The molecule has 0 aliphatic carbocycles. The maximum atomic E-state index is 4.77. The van der Waals surface area contributed by atoms with Crippen LogP contribution in [0.15, 0.2) is 83.8 Å². The Hall–Kier alpha value is -3.05. The average Bonchev–Trinajstić information content (AvgIpc) is 2.76. The van der Waals surface area contributed by atoms with E-state index >= 15 is 0 Å². The summed E-state index contributed by atoms with van der Waals surface area (Å²) in [5, 5.41) is 3.42. The van der Waals surface area contributed by atoms with E-state index in [4.69, 9.17) is 9.97 Å². The third-order valence-electron chi connectivity index (χ3n) is 3.98. The second kappa shape index (κ2) is 9.76. The van der Waals surface area contributed by atoms with Crippen molar-refractivity contribution >= 4 is 40.3 Å². The maximum absolute atomic E-state index is 4.77. The van der Waals surface area contributed by atoms with Gasteiger partial charge in [-0.3, -0.25) is 0 Å². The summed E-state index contributed by atoms with van der Waals surface area (Å²) >= 11 is 1.52. The van der Waals surface area contributed by atoms with E-state index in [1.54, 1.807) is 0 Å². The van der Waals surface area contributed by atoms with Crippen molar-refractivity contribution in [2.45, 2.75) is 25.7 Å². The topological polar surface area (TPSA) is 49.8 Å². The van der Waals surface area contributed by atoms with Crippen molar-refractivity contribution in [3.8, 4) is 0 Å². The Morgan fingerprint density at radius 3 is 1.93 bits per heavy atom. The summed E-state index contributed by atoms with van der Waals surface area (Å²) in [6.45, 7) is 6.07. The molecular formula is C23H24N4S. The summed E-state index contributed by atoms with van der Waals surface area (Å²) in [7, 11) is 0. The highest BCUT2D eigenvalue weighted by Crippen LogP contribution is 2.29. The first-order valence-electron chi connectivity index (χ1n) is 9.37. The second-order valence-corrected chi connectivity index (χ2v) is 6.75. The SMILES string of the molecule is CC.Cc1ccccc1Nc1nc2ccccc2nc1NSc1ccccc1. The van der Waals surface area contributed by atoms with Crippen LogP contribution in [0.1, 0.15) is 19.4 Å². The van der Waals surface area contributed by atoms with E-state index in [0.717, 1.165) is 27.2 Å². The highest BCUT2D eigenvalue weighted by Gasteiger charge is 2.10. The van der Waals surface area contributed by atoms with Gasteiger partial charge in [0.15, 0.2) is 11.6 Å². The number of nitrogens with one attached hydrogen (secondary N) is 2. The number of benzene rings is 3. The Morgan fingerprint density at radius 1 is 0.679 bits per heavy atom. The molecule has 0 aliphatic rings. The maximum Gasteiger partial charge on any atom is 0.180 e. The molecule has 5 heteroatoms. The predicted molar refractivity (Wildman–Crippen MR) is 121 cm³/mol. The molecule has 142 valence electrons. The van der Waals surface area contributed by atoms with Gasteiger partial charge in [0.1, 0.15) is 0 Å². The molecule has 0 amide bonds. The molecule has 1 heterocycles. The number of hydrogen-bond donors (Lipinski definition) is 2. The zero-order valence-corrected chi connectivity index (χ0v) is 17.1. The van der Waals surface area contributed by atoms with Crippen LogP contribution < -0.4 is 10.0 Å². The summed E-state index contributed by atoms with van der Waals surface area (Å²) in [5.74, 6) is 1.42.